The third kappa shape index (κ3) is 5.41. The van der Waals surface area contributed by atoms with Crippen molar-refractivity contribution in [1.82, 2.24) is 4.98 Å². The number of anilines is 1. The standard InChI is InChI=1S/C25H24N2O3S/c1-29-21-14-12-20(13-15-21)27(18-22-9-6-16-31-22)25(28)11-5-10-24-26-17-23(30-24)19-7-3-2-4-8-19/h2-4,6-9,12-17H,5,10-11,18H2,1H3. The van der Waals surface area contributed by atoms with Crippen LogP contribution in [0.2, 0.25) is 0 Å². The van der Waals surface area contributed by atoms with Gasteiger partial charge in [-0.2, -0.15) is 0 Å². The Bertz CT molecular complexity index is 1090. The predicted molar refractivity (Wildman–Crippen MR) is 123 cm³/mol. The molecule has 158 valence electrons. The fourth-order valence-electron chi connectivity index (χ4n) is 3.33. The van der Waals surface area contributed by atoms with Crippen LogP contribution in [-0.4, -0.2) is 18.0 Å². The monoisotopic (exact) mass is 432 g/mol. The van der Waals surface area contributed by atoms with E-state index in [0.29, 0.717) is 31.7 Å². The lowest BCUT2D eigenvalue weighted by Gasteiger charge is -2.22. The van der Waals surface area contributed by atoms with Crippen molar-refractivity contribution in [3.63, 3.8) is 0 Å². The molecule has 31 heavy (non-hydrogen) atoms. The molecule has 0 aliphatic rings. The first-order valence-corrected chi connectivity index (χ1v) is 11.1. The van der Waals surface area contributed by atoms with Crippen molar-refractivity contribution in [2.45, 2.75) is 25.8 Å². The van der Waals surface area contributed by atoms with E-state index in [9.17, 15) is 4.79 Å². The molecule has 0 aliphatic carbocycles. The summed E-state index contributed by atoms with van der Waals surface area (Å²) >= 11 is 1.65. The number of nitrogens with zero attached hydrogens (tertiary/aromatic N) is 2. The van der Waals surface area contributed by atoms with E-state index in [2.05, 4.69) is 4.98 Å². The number of benzene rings is 2. The Morgan fingerprint density at radius 3 is 2.58 bits per heavy atom. The topological polar surface area (TPSA) is 55.6 Å². The van der Waals surface area contributed by atoms with E-state index in [-0.39, 0.29) is 5.91 Å². The fraction of sp³-hybridized carbons (Fsp3) is 0.200. The highest BCUT2D eigenvalue weighted by atomic mass is 32.1. The van der Waals surface area contributed by atoms with Crippen LogP contribution >= 0.6 is 11.3 Å². The van der Waals surface area contributed by atoms with Crippen LogP contribution in [0, 0.1) is 0 Å². The molecular weight excluding hydrogens is 408 g/mol. The molecule has 0 saturated heterocycles. The molecule has 0 saturated carbocycles. The lowest BCUT2D eigenvalue weighted by molar-refractivity contribution is -0.118. The number of carbonyl (C=O) groups excluding carboxylic acids is 1. The Kier molecular flexibility index (Phi) is 6.79. The third-order valence-electron chi connectivity index (χ3n) is 4.97. The summed E-state index contributed by atoms with van der Waals surface area (Å²) in [4.78, 5) is 20.4. The van der Waals surface area contributed by atoms with Crippen molar-refractivity contribution < 1.29 is 13.9 Å². The number of aryl methyl sites for hydroxylation is 1. The van der Waals surface area contributed by atoms with Gasteiger partial charge in [-0.3, -0.25) is 4.79 Å². The number of ether oxygens (including phenoxy) is 1. The zero-order valence-corrected chi connectivity index (χ0v) is 18.2. The minimum atomic E-state index is 0.0772. The van der Waals surface area contributed by atoms with E-state index >= 15 is 0 Å². The smallest absolute Gasteiger partial charge is 0.227 e. The summed E-state index contributed by atoms with van der Waals surface area (Å²) in [6.07, 6.45) is 3.45. The van der Waals surface area contributed by atoms with Crippen LogP contribution in [-0.2, 0) is 17.8 Å². The second-order valence-electron chi connectivity index (χ2n) is 7.10. The number of carbonyl (C=O) groups is 1. The van der Waals surface area contributed by atoms with Gasteiger partial charge < -0.3 is 14.1 Å². The highest BCUT2D eigenvalue weighted by Gasteiger charge is 2.17. The largest absolute Gasteiger partial charge is 0.497 e. The van der Waals surface area contributed by atoms with E-state index in [1.54, 1.807) is 24.6 Å². The van der Waals surface area contributed by atoms with Crippen molar-refractivity contribution in [2.24, 2.45) is 0 Å². The molecule has 0 N–H and O–H groups in total. The molecule has 0 radical (unpaired) electrons. The molecular formula is C25H24N2O3S. The van der Waals surface area contributed by atoms with E-state index in [1.165, 1.54) is 0 Å². The quantitative estimate of drug-likeness (QED) is 0.327. The minimum Gasteiger partial charge on any atom is -0.497 e. The predicted octanol–water partition coefficient (Wildman–Crippen LogP) is 5.97. The second kappa shape index (κ2) is 10.1. The number of thiophene rings is 1. The number of amides is 1. The maximum absolute atomic E-state index is 13.1. The van der Waals surface area contributed by atoms with E-state index in [1.807, 2.05) is 77.0 Å². The highest BCUT2D eigenvalue weighted by molar-refractivity contribution is 7.09. The van der Waals surface area contributed by atoms with Gasteiger partial charge >= 0.3 is 0 Å². The van der Waals surface area contributed by atoms with Gasteiger partial charge in [0, 0.05) is 29.0 Å². The number of hydrogen-bond acceptors (Lipinski definition) is 5. The normalized spacial score (nSPS) is 10.7. The molecule has 4 aromatic rings. The van der Waals surface area contributed by atoms with E-state index in [0.717, 1.165) is 27.6 Å². The molecule has 0 unspecified atom stereocenters. The number of hydrogen-bond donors (Lipinski definition) is 0. The first-order chi connectivity index (χ1) is 15.2. The molecule has 0 atom stereocenters. The first-order valence-electron chi connectivity index (χ1n) is 10.2. The number of methoxy groups -OCH3 is 1. The number of rotatable bonds is 9. The molecule has 0 fully saturated rings. The summed E-state index contributed by atoms with van der Waals surface area (Å²) in [7, 11) is 1.63. The molecule has 0 aliphatic heterocycles. The van der Waals surface area contributed by atoms with Crippen LogP contribution in [0.3, 0.4) is 0 Å². The summed E-state index contributed by atoms with van der Waals surface area (Å²) in [6, 6.07) is 21.5. The Morgan fingerprint density at radius 2 is 1.87 bits per heavy atom. The fourth-order valence-corrected chi connectivity index (χ4v) is 4.02. The maximum Gasteiger partial charge on any atom is 0.227 e. The van der Waals surface area contributed by atoms with Crippen LogP contribution in [0.5, 0.6) is 5.75 Å². The van der Waals surface area contributed by atoms with E-state index in [4.69, 9.17) is 9.15 Å². The average Bonchev–Trinajstić information content (AvgIpc) is 3.50. The molecule has 6 heteroatoms. The van der Waals surface area contributed by atoms with Gasteiger partial charge in [0.25, 0.3) is 0 Å². The maximum atomic E-state index is 13.1. The first kappa shape index (κ1) is 20.9. The van der Waals surface area contributed by atoms with Gasteiger partial charge in [0.1, 0.15) is 5.75 Å². The van der Waals surface area contributed by atoms with Crippen LogP contribution in [0.4, 0.5) is 5.69 Å². The van der Waals surface area contributed by atoms with Crippen LogP contribution in [0.1, 0.15) is 23.6 Å². The summed E-state index contributed by atoms with van der Waals surface area (Å²) in [5.41, 5.74) is 1.86. The Morgan fingerprint density at radius 1 is 1.06 bits per heavy atom. The van der Waals surface area contributed by atoms with E-state index < -0.39 is 0 Å². The van der Waals surface area contributed by atoms with Crippen LogP contribution in [0.15, 0.2) is 82.7 Å². The summed E-state index contributed by atoms with van der Waals surface area (Å²) < 4.78 is 11.1. The van der Waals surface area contributed by atoms with Crippen molar-refractivity contribution in [2.75, 3.05) is 12.0 Å². The molecule has 1 amide bonds. The lowest BCUT2D eigenvalue weighted by Crippen LogP contribution is -2.29. The van der Waals surface area contributed by atoms with Gasteiger partial charge in [-0.25, -0.2) is 4.98 Å². The molecule has 5 nitrogen and oxygen atoms in total. The Hall–Kier alpha value is -3.38. The minimum absolute atomic E-state index is 0.0772. The van der Waals surface area contributed by atoms with Gasteiger partial charge in [-0.05, 0) is 42.1 Å². The van der Waals surface area contributed by atoms with Crippen molar-refractivity contribution in [1.29, 1.82) is 0 Å². The van der Waals surface area contributed by atoms with Crippen molar-refractivity contribution in [3.8, 4) is 17.1 Å². The molecule has 2 aromatic carbocycles. The van der Waals surface area contributed by atoms with Crippen molar-refractivity contribution >= 4 is 22.9 Å². The SMILES string of the molecule is COc1ccc(N(Cc2cccs2)C(=O)CCCc2ncc(-c3ccccc3)o2)cc1. The van der Waals surface area contributed by atoms with Gasteiger partial charge in [-0.1, -0.05) is 36.4 Å². The summed E-state index contributed by atoms with van der Waals surface area (Å²) in [5, 5.41) is 2.03. The molecule has 2 heterocycles. The Balaban J connectivity index is 1.39. The number of aromatic nitrogens is 1. The Labute approximate surface area is 185 Å². The van der Waals surface area contributed by atoms with Crippen LogP contribution in [0.25, 0.3) is 11.3 Å². The lowest BCUT2D eigenvalue weighted by atomic mass is 10.2. The van der Waals surface area contributed by atoms with Crippen molar-refractivity contribution in [3.05, 3.63) is 89.1 Å². The number of oxazole rings is 1. The molecule has 0 spiro atoms. The highest BCUT2D eigenvalue weighted by Crippen LogP contribution is 2.25. The third-order valence-corrected chi connectivity index (χ3v) is 5.83. The van der Waals surface area contributed by atoms with Gasteiger partial charge in [0.2, 0.25) is 5.91 Å². The summed E-state index contributed by atoms with van der Waals surface area (Å²) in [5.74, 6) is 2.25. The zero-order chi connectivity index (χ0) is 21.5. The van der Waals surface area contributed by atoms with Crippen LogP contribution < -0.4 is 9.64 Å². The zero-order valence-electron chi connectivity index (χ0n) is 17.4. The summed E-state index contributed by atoms with van der Waals surface area (Å²) in [6.45, 7) is 0.556. The molecule has 2 aromatic heterocycles. The second-order valence-corrected chi connectivity index (χ2v) is 8.13. The van der Waals surface area contributed by atoms with Gasteiger partial charge in [0.15, 0.2) is 11.7 Å². The van der Waals surface area contributed by atoms with Gasteiger partial charge in [0.05, 0.1) is 19.9 Å². The molecule has 4 rings (SSSR count). The average molecular weight is 433 g/mol. The molecule has 0 bridgehead atoms. The van der Waals surface area contributed by atoms with Gasteiger partial charge in [-0.15, -0.1) is 11.3 Å².